The van der Waals surface area contributed by atoms with Gasteiger partial charge in [0.25, 0.3) is 0 Å². The number of hydrogen-bond donors (Lipinski definition) is 1. The summed E-state index contributed by atoms with van der Waals surface area (Å²) in [5, 5.41) is 8.75. The zero-order valence-corrected chi connectivity index (χ0v) is 11.9. The summed E-state index contributed by atoms with van der Waals surface area (Å²) in [4.78, 5) is 12.3. The third-order valence-corrected chi connectivity index (χ3v) is 6.37. The third kappa shape index (κ3) is 1.78. The molecule has 3 saturated carbocycles. The van der Waals surface area contributed by atoms with E-state index >= 15 is 0 Å². The molecule has 1 N–H and O–H groups in total. The van der Waals surface area contributed by atoms with E-state index in [9.17, 15) is 4.79 Å². The Morgan fingerprint density at radius 3 is 2.70 bits per heavy atom. The average molecular weight is 276 g/mol. The van der Waals surface area contributed by atoms with Gasteiger partial charge in [-0.15, -0.1) is 0 Å². The number of aliphatic hydroxyl groups excluding tert-OH is 1. The number of esters is 1. The summed E-state index contributed by atoms with van der Waals surface area (Å²) < 4.78 is 5.44. The molecule has 3 heteroatoms. The molecule has 0 aromatic carbocycles. The highest BCUT2D eigenvalue weighted by molar-refractivity contribution is 5.73. The minimum absolute atomic E-state index is 0.0423. The Kier molecular flexibility index (Phi) is 3.13. The van der Waals surface area contributed by atoms with Gasteiger partial charge in [0.1, 0.15) is 0 Å². The molecule has 4 aliphatic carbocycles. The molecule has 0 spiro atoms. The second kappa shape index (κ2) is 4.87. The smallest absolute Gasteiger partial charge is 0.309 e. The zero-order valence-electron chi connectivity index (χ0n) is 11.9. The molecule has 0 radical (unpaired) electrons. The molecule has 7 atom stereocenters. The Balaban J connectivity index is 1.38. The first-order chi connectivity index (χ1) is 9.79. The van der Waals surface area contributed by atoms with Gasteiger partial charge in [-0.2, -0.15) is 0 Å². The summed E-state index contributed by atoms with van der Waals surface area (Å²) in [7, 11) is 0. The van der Waals surface area contributed by atoms with Gasteiger partial charge < -0.3 is 9.84 Å². The first-order valence-electron chi connectivity index (χ1n) is 8.25. The summed E-state index contributed by atoms with van der Waals surface area (Å²) >= 11 is 0. The van der Waals surface area contributed by atoms with Crippen molar-refractivity contribution >= 4 is 5.97 Å². The topological polar surface area (TPSA) is 46.5 Å². The molecule has 20 heavy (non-hydrogen) atoms. The van der Waals surface area contributed by atoms with Crippen LogP contribution in [0.15, 0.2) is 12.2 Å². The number of carbonyl (C=O) groups excluding carboxylic acids is 1. The molecule has 4 aliphatic rings. The predicted octanol–water partition coefficient (Wildman–Crippen LogP) is 2.40. The van der Waals surface area contributed by atoms with Crippen LogP contribution >= 0.6 is 0 Å². The lowest BCUT2D eigenvalue weighted by atomic mass is 9.69. The molecule has 0 amide bonds. The van der Waals surface area contributed by atoms with Crippen molar-refractivity contribution < 1.29 is 14.6 Å². The molecule has 4 rings (SSSR count). The molecule has 7 unspecified atom stereocenters. The second-order valence-electron chi connectivity index (χ2n) is 7.20. The largest absolute Gasteiger partial charge is 0.465 e. The Hall–Kier alpha value is -0.830. The number of ether oxygens (including phenoxy) is 1. The molecule has 0 heterocycles. The van der Waals surface area contributed by atoms with Crippen LogP contribution in [0.2, 0.25) is 0 Å². The lowest BCUT2D eigenvalue weighted by Crippen LogP contribution is -2.35. The van der Waals surface area contributed by atoms with E-state index in [0.717, 1.165) is 48.9 Å². The number of hydrogen-bond acceptors (Lipinski definition) is 3. The molecule has 3 nitrogen and oxygen atoms in total. The van der Waals surface area contributed by atoms with E-state index in [2.05, 4.69) is 12.2 Å². The van der Waals surface area contributed by atoms with Gasteiger partial charge in [0.05, 0.1) is 12.5 Å². The van der Waals surface area contributed by atoms with Crippen LogP contribution in [0.5, 0.6) is 0 Å². The van der Waals surface area contributed by atoms with Crippen LogP contribution in [-0.2, 0) is 9.53 Å². The third-order valence-electron chi connectivity index (χ3n) is 6.37. The summed E-state index contributed by atoms with van der Waals surface area (Å²) in [6.45, 7) is 0.665. The molecule has 0 aliphatic heterocycles. The summed E-state index contributed by atoms with van der Waals surface area (Å²) in [5.41, 5.74) is 0. The normalized spacial score (nSPS) is 47.0. The van der Waals surface area contributed by atoms with Crippen molar-refractivity contribution in [1.29, 1.82) is 0 Å². The van der Waals surface area contributed by atoms with E-state index in [1.807, 2.05) is 0 Å². The van der Waals surface area contributed by atoms with E-state index in [-0.39, 0.29) is 18.5 Å². The highest BCUT2D eigenvalue weighted by Gasteiger charge is 2.62. The zero-order chi connectivity index (χ0) is 13.7. The summed E-state index contributed by atoms with van der Waals surface area (Å²) in [6.07, 6.45) is 10.0. The predicted molar refractivity (Wildman–Crippen MR) is 74.7 cm³/mol. The van der Waals surface area contributed by atoms with Crippen LogP contribution in [-0.4, -0.2) is 24.3 Å². The molecule has 0 saturated heterocycles. The van der Waals surface area contributed by atoms with E-state index < -0.39 is 0 Å². The first-order valence-corrected chi connectivity index (χ1v) is 8.25. The molecular formula is C17H24O3. The maximum absolute atomic E-state index is 12.3. The van der Waals surface area contributed by atoms with E-state index in [1.165, 1.54) is 12.8 Å². The lowest BCUT2D eigenvalue weighted by molar-refractivity contribution is -0.152. The van der Waals surface area contributed by atoms with Crippen LogP contribution in [0.4, 0.5) is 0 Å². The maximum atomic E-state index is 12.3. The molecule has 110 valence electrons. The van der Waals surface area contributed by atoms with Gasteiger partial charge in [-0.05, 0) is 67.6 Å². The number of carbonyl (C=O) groups is 1. The monoisotopic (exact) mass is 276 g/mol. The van der Waals surface area contributed by atoms with Gasteiger partial charge in [-0.3, -0.25) is 4.79 Å². The highest BCUT2D eigenvalue weighted by atomic mass is 16.5. The number of fused-ring (bicyclic) bond motifs is 9. The van der Waals surface area contributed by atoms with Gasteiger partial charge >= 0.3 is 5.97 Å². The van der Waals surface area contributed by atoms with E-state index in [4.69, 9.17) is 9.84 Å². The number of unbranched alkanes of at least 4 members (excludes halogenated alkanes) is 1. The Morgan fingerprint density at radius 2 is 1.90 bits per heavy atom. The van der Waals surface area contributed by atoms with Gasteiger partial charge in [-0.1, -0.05) is 12.2 Å². The standard InChI is InChI=1S/C17H24O3/c18-5-1-2-6-20-17(19)14-9-12-8-13(14)16-11-4-3-10(7-11)15(12)16/h3-4,10-16,18H,1-2,5-9H2. The van der Waals surface area contributed by atoms with Gasteiger partial charge in [-0.25, -0.2) is 0 Å². The number of allylic oxidation sites excluding steroid dienone is 2. The minimum atomic E-state index is 0.0423. The van der Waals surface area contributed by atoms with E-state index in [0.29, 0.717) is 12.5 Å². The van der Waals surface area contributed by atoms with Crippen molar-refractivity contribution in [2.45, 2.75) is 32.1 Å². The Bertz CT molecular complexity index is 430. The van der Waals surface area contributed by atoms with E-state index in [1.54, 1.807) is 0 Å². The molecular weight excluding hydrogens is 252 g/mol. The van der Waals surface area contributed by atoms with Crippen LogP contribution in [0.25, 0.3) is 0 Å². The first kappa shape index (κ1) is 12.9. The fourth-order valence-electron chi connectivity index (χ4n) is 5.78. The number of aliphatic hydroxyl groups is 1. The van der Waals surface area contributed by atoms with Crippen molar-refractivity contribution in [2.24, 2.45) is 41.4 Å². The Morgan fingerprint density at radius 1 is 1.10 bits per heavy atom. The summed E-state index contributed by atoms with van der Waals surface area (Å²) in [5.74, 6) is 4.82. The van der Waals surface area contributed by atoms with Crippen LogP contribution < -0.4 is 0 Å². The van der Waals surface area contributed by atoms with Gasteiger partial charge in [0.2, 0.25) is 0 Å². The fourth-order valence-corrected chi connectivity index (χ4v) is 5.78. The summed E-state index contributed by atoms with van der Waals surface area (Å²) in [6, 6.07) is 0. The molecule has 4 bridgehead atoms. The fraction of sp³-hybridized carbons (Fsp3) is 0.824. The van der Waals surface area contributed by atoms with Crippen molar-refractivity contribution in [3.05, 3.63) is 12.2 Å². The lowest BCUT2D eigenvalue weighted by Gasteiger charge is -2.35. The van der Waals surface area contributed by atoms with Crippen molar-refractivity contribution in [3.8, 4) is 0 Å². The van der Waals surface area contributed by atoms with Crippen LogP contribution in [0, 0.1) is 41.4 Å². The average Bonchev–Trinajstić information content (AvgIpc) is 3.20. The van der Waals surface area contributed by atoms with Crippen molar-refractivity contribution in [2.75, 3.05) is 13.2 Å². The quantitative estimate of drug-likeness (QED) is 0.363. The second-order valence-corrected chi connectivity index (χ2v) is 7.20. The molecule has 3 fully saturated rings. The van der Waals surface area contributed by atoms with Gasteiger partial charge in [0, 0.05) is 6.61 Å². The van der Waals surface area contributed by atoms with Crippen molar-refractivity contribution in [3.63, 3.8) is 0 Å². The minimum Gasteiger partial charge on any atom is -0.465 e. The van der Waals surface area contributed by atoms with Gasteiger partial charge in [0.15, 0.2) is 0 Å². The highest BCUT2D eigenvalue weighted by Crippen LogP contribution is 2.67. The maximum Gasteiger partial charge on any atom is 0.309 e. The Labute approximate surface area is 120 Å². The van der Waals surface area contributed by atoms with Crippen LogP contribution in [0.1, 0.15) is 32.1 Å². The number of rotatable bonds is 5. The molecule has 0 aromatic rings. The van der Waals surface area contributed by atoms with Crippen molar-refractivity contribution in [1.82, 2.24) is 0 Å². The SMILES string of the molecule is O=C(OCCCCO)C1CC2CC1C1C3C=CC(C3)C21. The molecule has 0 aromatic heterocycles. The van der Waals surface area contributed by atoms with Crippen LogP contribution in [0.3, 0.4) is 0 Å².